The van der Waals surface area contributed by atoms with Crippen molar-refractivity contribution < 1.29 is 0 Å². The number of aryl methyl sites for hydroxylation is 1. The van der Waals surface area contributed by atoms with Crippen LogP contribution >= 0.6 is 0 Å². The monoisotopic (exact) mass is 250 g/mol. The van der Waals surface area contributed by atoms with Crippen LogP contribution in [0.15, 0.2) is 17.6 Å². The lowest BCUT2D eigenvalue weighted by atomic mass is 10.4. The van der Waals surface area contributed by atoms with Gasteiger partial charge in [-0.1, -0.05) is 6.08 Å². The van der Waals surface area contributed by atoms with Gasteiger partial charge in [0, 0.05) is 19.6 Å². The van der Waals surface area contributed by atoms with E-state index in [0.29, 0.717) is 19.1 Å². The summed E-state index contributed by atoms with van der Waals surface area (Å²) in [6, 6.07) is 0.322. The van der Waals surface area contributed by atoms with Crippen LogP contribution in [0.25, 0.3) is 0 Å². The van der Waals surface area contributed by atoms with Crippen LogP contribution in [-0.4, -0.2) is 33.3 Å². The number of hydrogen-bond donors (Lipinski definition) is 2. The zero-order valence-electron chi connectivity index (χ0n) is 11.6. The molecule has 1 heterocycles. The molecule has 6 heteroatoms. The smallest absolute Gasteiger partial charge is 0.192 e. The van der Waals surface area contributed by atoms with E-state index in [1.807, 2.05) is 18.5 Å². The molecule has 2 N–H and O–H groups in total. The summed E-state index contributed by atoms with van der Waals surface area (Å²) in [7, 11) is 1.94. The summed E-state index contributed by atoms with van der Waals surface area (Å²) in [5.74, 6) is 2.49. The highest BCUT2D eigenvalue weighted by molar-refractivity contribution is 5.80. The molecular weight excluding hydrogens is 228 g/mol. The normalized spacial score (nSPS) is 11.7. The number of aromatic nitrogens is 3. The SMILES string of the molecule is C=CCNC(=NCc1nnc(C)n1C)NC(C)C. The molecule has 0 saturated heterocycles. The Balaban J connectivity index is 2.69. The van der Waals surface area contributed by atoms with E-state index < -0.39 is 0 Å². The van der Waals surface area contributed by atoms with E-state index in [9.17, 15) is 0 Å². The van der Waals surface area contributed by atoms with Crippen molar-refractivity contribution in [3.63, 3.8) is 0 Å². The summed E-state index contributed by atoms with van der Waals surface area (Å²) >= 11 is 0. The third kappa shape index (κ3) is 4.20. The summed E-state index contributed by atoms with van der Waals surface area (Å²) in [6.07, 6.45) is 1.80. The fourth-order valence-corrected chi connectivity index (χ4v) is 1.33. The van der Waals surface area contributed by atoms with Gasteiger partial charge in [-0.15, -0.1) is 16.8 Å². The predicted molar refractivity (Wildman–Crippen MR) is 73.4 cm³/mol. The maximum Gasteiger partial charge on any atom is 0.192 e. The van der Waals surface area contributed by atoms with Crippen molar-refractivity contribution in [2.75, 3.05) is 6.54 Å². The van der Waals surface area contributed by atoms with Crippen molar-refractivity contribution >= 4 is 5.96 Å². The van der Waals surface area contributed by atoms with Crippen molar-refractivity contribution in [3.05, 3.63) is 24.3 Å². The van der Waals surface area contributed by atoms with Gasteiger partial charge in [0.2, 0.25) is 0 Å². The van der Waals surface area contributed by atoms with Gasteiger partial charge in [0.15, 0.2) is 11.8 Å². The molecule has 0 radical (unpaired) electrons. The van der Waals surface area contributed by atoms with Crippen molar-refractivity contribution in [2.24, 2.45) is 12.0 Å². The number of nitrogens with zero attached hydrogens (tertiary/aromatic N) is 4. The molecule has 0 unspecified atom stereocenters. The van der Waals surface area contributed by atoms with Crippen LogP contribution in [0, 0.1) is 6.92 Å². The van der Waals surface area contributed by atoms with Gasteiger partial charge >= 0.3 is 0 Å². The summed E-state index contributed by atoms with van der Waals surface area (Å²) in [5, 5.41) is 14.5. The highest BCUT2D eigenvalue weighted by Gasteiger charge is 2.05. The Hall–Kier alpha value is -1.85. The number of aliphatic imine (C=N–C) groups is 1. The van der Waals surface area contributed by atoms with E-state index in [4.69, 9.17) is 0 Å². The van der Waals surface area contributed by atoms with Gasteiger partial charge in [-0.05, 0) is 20.8 Å². The third-order valence-electron chi connectivity index (χ3n) is 2.40. The van der Waals surface area contributed by atoms with Gasteiger partial charge < -0.3 is 15.2 Å². The molecule has 6 nitrogen and oxygen atoms in total. The van der Waals surface area contributed by atoms with Crippen molar-refractivity contribution in [3.8, 4) is 0 Å². The van der Waals surface area contributed by atoms with Gasteiger partial charge in [-0.3, -0.25) is 0 Å². The van der Waals surface area contributed by atoms with E-state index in [1.165, 1.54) is 0 Å². The minimum absolute atomic E-state index is 0.322. The molecule has 0 atom stereocenters. The van der Waals surface area contributed by atoms with Gasteiger partial charge in [-0.25, -0.2) is 4.99 Å². The number of rotatable bonds is 5. The largest absolute Gasteiger partial charge is 0.354 e. The summed E-state index contributed by atoms with van der Waals surface area (Å²) < 4.78 is 1.93. The molecule has 1 aromatic rings. The second-order valence-corrected chi connectivity index (χ2v) is 4.36. The first-order valence-corrected chi connectivity index (χ1v) is 6.05. The fourth-order valence-electron chi connectivity index (χ4n) is 1.33. The second kappa shape index (κ2) is 6.78. The highest BCUT2D eigenvalue weighted by atomic mass is 15.3. The molecule has 0 aliphatic rings. The van der Waals surface area contributed by atoms with Crippen LogP contribution in [0.1, 0.15) is 25.5 Å². The van der Waals surface area contributed by atoms with Crippen LogP contribution in [0.2, 0.25) is 0 Å². The molecule has 18 heavy (non-hydrogen) atoms. The molecule has 100 valence electrons. The average Bonchev–Trinajstić information content (AvgIpc) is 2.63. The van der Waals surface area contributed by atoms with Gasteiger partial charge in [0.05, 0.1) is 0 Å². The average molecular weight is 250 g/mol. The van der Waals surface area contributed by atoms with E-state index >= 15 is 0 Å². The van der Waals surface area contributed by atoms with Gasteiger partial charge in [0.1, 0.15) is 12.4 Å². The molecule has 0 saturated carbocycles. The number of nitrogens with one attached hydrogen (secondary N) is 2. The van der Waals surface area contributed by atoms with E-state index in [1.54, 1.807) is 6.08 Å². The quantitative estimate of drug-likeness (QED) is 0.460. The summed E-state index contributed by atoms with van der Waals surface area (Å²) in [5.41, 5.74) is 0. The van der Waals surface area contributed by atoms with E-state index in [0.717, 1.165) is 17.6 Å². The van der Waals surface area contributed by atoms with Crippen molar-refractivity contribution in [2.45, 2.75) is 33.4 Å². The highest BCUT2D eigenvalue weighted by Crippen LogP contribution is 1.99. The molecule has 0 aliphatic heterocycles. The first kappa shape index (κ1) is 14.2. The molecular formula is C12H22N6. The lowest BCUT2D eigenvalue weighted by molar-refractivity contribution is 0.698. The standard InChI is InChI=1S/C12H22N6/c1-6-7-13-12(15-9(2)3)14-8-11-17-16-10(4)18(11)5/h6,9H,1,7-8H2,2-5H3,(H2,13,14,15). The maximum absolute atomic E-state index is 4.47. The number of hydrogen-bond acceptors (Lipinski definition) is 3. The first-order chi connectivity index (χ1) is 8.54. The molecule has 0 spiro atoms. The first-order valence-electron chi connectivity index (χ1n) is 6.05. The summed E-state index contributed by atoms with van der Waals surface area (Å²) in [6.45, 7) is 10.9. The Bertz CT molecular complexity index is 418. The van der Waals surface area contributed by atoms with Gasteiger partial charge in [-0.2, -0.15) is 0 Å². The molecule has 1 rings (SSSR count). The Kier molecular flexibility index (Phi) is 5.35. The molecule has 0 aliphatic carbocycles. The molecule has 1 aromatic heterocycles. The van der Waals surface area contributed by atoms with Gasteiger partial charge in [0.25, 0.3) is 0 Å². The van der Waals surface area contributed by atoms with E-state index in [-0.39, 0.29) is 0 Å². The van der Waals surface area contributed by atoms with Crippen molar-refractivity contribution in [1.82, 2.24) is 25.4 Å². The fraction of sp³-hybridized carbons (Fsp3) is 0.583. The Morgan fingerprint density at radius 3 is 2.72 bits per heavy atom. The third-order valence-corrected chi connectivity index (χ3v) is 2.40. The second-order valence-electron chi connectivity index (χ2n) is 4.36. The van der Waals surface area contributed by atoms with Crippen LogP contribution in [0.4, 0.5) is 0 Å². The lowest BCUT2D eigenvalue weighted by Gasteiger charge is -2.13. The van der Waals surface area contributed by atoms with Crippen LogP contribution in [0.3, 0.4) is 0 Å². The Morgan fingerprint density at radius 1 is 1.50 bits per heavy atom. The minimum Gasteiger partial charge on any atom is -0.354 e. The number of guanidine groups is 1. The minimum atomic E-state index is 0.322. The molecule has 0 bridgehead atoms. The molecule has 0 amide bonds. The van der Waals surface area contributed by atoms with Crippen LogP contribution in [-0.2, 0) is 13.6 Å². The maximum atomic E-state index is 4.47. The van der Waals surface area contributed by atoms with Crippen LogP contribution in [0.5, 0.6) is 0 Å². The van der Waals surface area contributed by atoms with Crippen LogP contribution < -0.4 is 10.6 Å². The zero-order valence-corrected chi connectivity index (χ0v) is 11.6. The molecule has 0 aromatic carbocycles. The summed E-state index contributed by atoms with van der Waals surface area (Å²) in [4.78, 5) is 4.47. The lowest BCUT2D eigenvalue weighted by Crippen LogP contribution is -2.41. The predicted octanol–water partition coefficient (Wildman–Crippen LogP) is 0.753. The Labute approximate surface area is 108 Å². The Morgan fingerprint density at radius 2 is 2.22 bits per heavy atom. The topological polar surface area (TPSA) is 67.1 Å². The zero-order chi connectivity index (χ0) is 13.5. The van der Waals surface area contributed by atoms with Crippen molar-refractivity contribution in [1.29, 1.82) is 0 Å². The molecule has 0 fully saturated rings. The van der Waals surface area contributed by atoms with E-state index in [2.05, 4.69) is 46.2 Å².